The lowest BCUT2D eigenvalue weighted by atomic mass is 10.0. The molecule has 0 saturated heterocycles. The molecule has 0 unspecified atom stereocenters. The minimum atomic E-state index is -0.811. The zero-order valence-corrected chi connectivity index (χ0v) is 38.9. The number of carbonyl (C=O) groups excluding carboxylic acids is 3. The minimum absolute atomic E-state index is 0.104. The van der Waals surface area contributed by atoms with Crippen molar-refractivity contribution in [3.63, 3.8) is 0 Å². The van der Waals surface area contributed by atoms with Crippen molar-refractivity contribution < 1.29 is 28.6 Å². The maximum absolute atomic E-state index is 12.8. The molecule has 0 spiro atoms. The number of hydrogen-bond acceptors (Lipinski definition) is 6. The van der Waals surface area contributed by atoms with E-state index in [-0.39, 0.29) is 37.5 Å². The van der Waals surface area contributed by atoms with E-state index in [0.29, 0.717) is 19.3 Å². The molecule has 0 aliphatic carbocycles. The lowest BCUT2D eigenvalue weighted by molar-refractivity contribution is -0.167. The molecule has 60 heavy (non-hydrogen) atoms. The summed E-state index contributed by atoms with van der Waals surface area (Å²) in [6.45, 7) is 6.41. The molecule has 0 radical (unpaired) electrons. The van der Waals surface area contributed by atoms with Crippen molar-refractivity contribution in [1.29, 1.82) is 0 Å². The zero-order valence-electron chi connectivity index (χ0n) is 38.9. The molecule has 0 aliphatic rings. The standard InChI is InChI=1S/C54H90O6/c1-4-7-10-13-16-19-22-25-27-29-32-35-38-41-44-47-53(56)59-50-51(49-58-52(55)46-43-40-37-34-31-24-21-18-15-12-9-6-3)60-54(57)48-45-42-39-36-33-30-28-26-23-20-17-14-11-8-5-2/h7,10,16-17,19-20,25-28,32-33,35-36,51H,4-6,8-9,11-15,18,21-24,29-31,34,37-50H2,1-3H3/b10-7-,19-16-,20-17-,27-25-,28-26-,35-32-,36-33-/t51-/m0/s1. The summed E-state index contributed by atoms with van der Waals surface area (Å²) in [6.07, 6.45) is 61.4. The molecule has 0 heterocycles. The maximum Gasteiger partial charge on any atom is 0.306 e. The largest absolute Gasteiger partial charge is 0.462 e. The Bertz CT molecular complexity index is 1190. The number of rotatable bonds is 43. The van der Waals surface area contributed by atoms with Gasteiger partial charge in [-0.2, -0.15) is 0 Å². The summed E-state index contributed by atoms with van der Waals surface area (Å²) in [4.78, 5) is 37.9. The smallest absolute Gasteiger partial charge is 0.306 e. The predicted molar refractivity (Wildman–Crippen MR) is 256 cm³/mol. The second-order valence-electron chi connectivity index (χ2n) is 16.0. The molecular weight excluding hydrogens is 745 g/mol. The Balaban J connectivity index is 4.52. The van der Waals surface area contributed by atoms with Crippen LogP contribution in [0.3, 0.4) is 0 Å². The van der Waals surface area contributed by atoms with Gasteiger partial charge in [0.2, 0.25) is 0 Å². The highest BCUT2D eigenvalue weighted by Crippen LogP contribution is 2.14. The number of esters is 3. The van der Waals surface area contributed by atoms with Crippen molar-refractivity contribution in [3.05, 3.63) is 85.1 Å². The van der Waals surface area contributed by atoms with Crippen LogP contribution in [-0.4, -0.2) is 37.2 Å². The van der Waals surface area contributed by atoms with Crippen molar-refractivity contribution in [2.45, 2.75) is 226 Å². The highest BCUT2D eigenvalue weighted by Gasteiger charge is 2.19. The second-order valence-corrected chi connectivity index (χ2v) is 16.0. The highest BCUT2D eigenvalue weighted by atomic mass is 16.6. The van der Waals surface area contributed by atoms with Crippen molar-refractivity contribution in [3.8, 4) is 0 Å². The molecular formula is C54H90O6. The zero-order chi connectivity index (χ0) is 43.7. The number of hydrogen-bond donors (Lipinski definition) is 0. The van der Waals surface area contributed by atoms with Gasteiger partial charge in [-0.05, 0) is 96.3 Å². The van der Waals surface area contributed by atoms with Crippen LogP contribution in [0.4, 0.5) is 0 Å². The Hall–Kier alpha value is -3.41. The molecule has 0 aliphatic heterocycles. The number of carbonyl (C=O) groups is 3. The summed E-state index contributed by atoms with van der Waals surface area (Å²) in [7, 11) is 0. The van der Waals surface area contributed by atoms with Gasteiger partial charge in [0.1, 0.15) is 13.2 Å². The lowest BCUT2D eigenvalue weighted by Crippen LogP contribution is -2.30. The first-order valence-corrected chi connectivity index (χ1v) is 24.6. The molecule has 0 aromatic rings. The third-order valence-corrected chi connectivity index (χ3v) is 10.1. The third kappa shape index (κ3) is 45.7. The molecule has 6 nitrogen and oxygen atoms in total. The summed E-state index contributed by atoms with van der Waals surface area (Å²) in [5.41, 5.74) is 0. The van der Waals surface area contributed by atoms with Gasteiger partial charge in [-0.15, -0.1) is 0 Å². The van der Waals surface area contributed by atoms with Gasteiger partial charge in [-0.3, -0.25) is 14.4 Å². The Morgan fingerprint density at radius 2 is 0.650 bits per heavy atom. The fourth-order valence-corrected chi connectivity index (χ4v) is 6.44. The molecule has 0 bridgehead atoms. The number of ether oxygens (including phenoxy) is 3. The summed E-state index contributed by atoms with van der Waals surface area (Å²) >= 11 is 0. The van der Waals surface area contributed by atoms with Gasteiger partial charge in [0.15, 0.2) is 6.10 Å². The van der Waals surface area contributed by atoms with Crippen LogP contribution in [0.25, 0.3) is 0 Å². The van der Waals surface area contributed by atoms with Gasteiger partial charge in [-0.1, -0.05) is 189 Å². The summed E-state index contributed by atoms with van der Waals surface area (Å²) in [6, 6.07) is 0. The van der Waals surface area contributed by atoms with E-state index in [9.17, 15) is 14.4 Å². The molecule has 0 rings (SSSR count). The Morgan fingerprint density at radius 1 is 0.350 bits per heavy atom. The molecule has 0 fully saturated rings. The first-order chi connectivity index (χ1) is 29.5. The molecule has 0 saturated carbocycles. The maximum atomic E-state index is 12.8. The number of allylic oxidation sites excluding steroid dienone is 14. The van der Waals surface area contributed by atoms with Crippen LogP contribution in [0.5, 0.6) is 0 Å². The van der Waals surface area contributed by atoms with Crippen LogP contribution in [0, 0.1) is 0 Å². The molecule has 0 N–H and O–H groups in total. The molecule has 1 atom stereocenters. The first kappa shape index (κ1) is 56.6. The summed E-state index contributed by atoms with van der Waals surface area (Å²) in [5, 5.41) is 0. The van der Waals surface area contributed by atoms with E-state index in [1.54, 1.807) is 0 Å². The van der Waals surface area contributed by atoms with E-state index in [1.165, 1.54) is 83.5 Å². The van der Waals surface area contributed by atoms with Crippen LogP contribution in [0.2, 0.25) is 0 Å². The van der Waals surface area contributed by atoms with Crippen LogP contribution in [0.15, 0.2) is 85.1 Å². The van der Waals surface area contributed by atoms with E-state index in [2.05, 4.69) is 106 Å². The van der Waals surface area contributed by atoms with Gasteiger partial charge in [-0.25, -0.2) is 0 Å². The fraction of sp³-hybridized carbons (Fsp3) is 0.685. The fourth-order valence-electron chi connectivity index (χ4n) is 6.44. The first-order valence-electron chi connectivity index (χ1n) is 24.6. The van der Waals surface area contributed by atoms with Gasteiger partial charge in [0.05, 0.1) is 0 Å². The van der Waals surface area contributed by atoms with E-state index < -0.39 is 6.10 Å². The molecule has 0 amide bonds. The van der Waals surface area contributed by atoms with Crippen molar-refractivity contribution >= 4 is 17.9 Å². The minimum Gasteiger partial charge on any atom is -0.462 e. The highest BCUT2D eigenvalue weighted by molar-refractivity contribution is 5.71. The Morgan fingerprint density at radius 3 is 1.05 bits per heavy atom. The lowest BCUT2D eigenvalue weighted by Gasteiger charge is -2.18. The molecule has 342 valence electrons. The average Bonchev–Trinajstić information content (AvgIpc) is 3.24. The average molecular weight is 835 g/mol. The van der Waals surface area contributed by atoms with Crippen molar-refractivity contribution in [2.24, 2.45) is 0 Å². The second kappa shape index (κ2) is 48.3. The normalized spacial score (nSPS) is 12.8. The monoisotopic (exact) mass is 835 g/mol. The summed E-state index contributed by atoms with van der Waals surface area (Å²) in [5.74, 6) is -0.990. The van der Waals surface area contributed by atoms with Gasteiger partial charge < -0.3 is 14.2 Å². The van der Waals surface area contributed by atoms with Gasteiger partial charge in [0.25, 0.3) is 0 Å². The quantitative estimate of drug-likeness (QED) is 0.0263. The molecule has 0 aromatic heterocycles. The third-order valence-electron chi connectivity index (χ3n) is 10.1. The van der Waals surface area contributed by atoms with E-state index >= 15 is 0 Å². The molecule has 0 aromatic carbocycles. The van der Waals surface area contributed by atoms with Crippen LogP contribution in [0.1, 0.15) is 220 Å². The van der Waals surface area contributed by atoms with Crippen molar-refractivity contribution in [1.82, 2.24) is 0 Å². The van der Waals surface area contributed by atoms with E-state index in [4.69, 9.17) is 14.2 Å². The van der Waals surface area contributed by atoms with Crippen LogP contribution >= 0.6 is 0 Å². The van der Waals surface area contributed by atoms with Gasteiger partial charge >= 0.3 is 17.9 Å². The van der Waals surface area contributed by atoms with Crippen molar-refractivity contribution in [2.75, 3.05) is 13.2 Å². The van der Waals surface area contributed by atoms with Crippen LogP contribution < -0.4 is 0 Å². The topological polar surface area (TPSA) is 78.9 Å². The van der Waals surface area contributed by atoms with Crippen LogP contribution in [-0.2, 0) is 28.6 Å². The Kier molecular flexibility index (Phi) is 45.5. The van der Waals surface area contributed by atoms with E-state index in [1.807, 2.05) is 0 Å². The predicted octanol–water partition coefficient (Wildman–Crippen LogP) is 16.0. The van der Waals surface area contributed by atoms with Gasteiger partial charge in [0, 0.05) is 19.3 Å². The Labute approximate surface area is 369 Å². The molecule has 6 heteroatoms. The number of unbranched alkanes of at least 4 members (excludes halogenated alkanes) is 18. The van der Waals surface area contributed by atoms with E-state index in [0.717, 1.165) is 89.9 Å². The SMILES string of the molecule is CC/C=C\C/C=C\C/C=C\C/C=C\CCCCC(=O)OC[C@H](COC(=O)CCCCCCCCCCCCCC)OC(=O)CCCC/C=C\C/C=C\C/C=C\CCCCC. The summed E-state index contributed by atoms with van der Waals surface area (Å²) < 4.78 is 16.7.